The fraction of sp³-hybridized carbons (Fsp3) is 0. The van der Waals surface area contributed by atoms with Gasteiger partial charge in [-0.05, 0) is 47.3 Å². The Bertz CT molecular complexity index is 312. The molecule has 4 heteroatoms. The van der Waals surface area contributed by atoms with E-state index in [9.17, 15) is 0 Å². The molecular formula is C8H6N2S2. The zero-order valence-electron chi connectivity index (χ0n) is 6.18. The molecule has 0 unspecified atom stereocenters. The van der Waals surface area contributed by atoms with E-state index in [4.69, 9.17) is 0 Å². The number of rotatable bonds is 2. The van der Waals surface area contributed by atoms with Crippen LogP contribution in [0.15, 0.2) is 24.5 Å². The average molecular weight is 194 g/mol. The van der Waals surface area contributed by atoms with Gasteiger partial charge < -0.3 is 0 Å². The van der Waals surface area contributed by atoms with Gasteiger partial charge in [-0.3, -0.25) is 0 Å². The van der Waals surface area contributed by atoms with Crippen LogP contribution < -0.4 is 0 Å². The summed E-state index contributed by atoms with van der Waals surface area (Å²) in [5.41, 5.74) is 0. The third-order valence-corrected chi connectivity index (χ3v) is 2.75. The van der Waals surface area contributed by atoms with Gasteiger partial charge in [0.25, 0.3) is 0 Å². The van der Waals surface area contributed by atoms with Crippen molar-refractivity contribution in [3.05, 3.63) is 34.3 Å². The summed E-state index contributed by atoms with van der Waals surface area (Å²) in [7, 11) is 0. The van der Waals surface area contributed by atoms with E-state index in [1.807, 2.05) is 24.3 Å². The predicted molar refractivity (Wildman–Crippen MR) is 53.2 cm³/mol. The minimum Gasteiger partial charge on any atom is -0.201 e. The lowest BCUT2D eigenvalue weighted by Crippen LogP contribution is -1.57. The smallest absolute Gasteiger partial charge is 0.0477 e. The van der Waals surface area contributed by atoms with Gasteiger partial charge in [-0.25, -0.2) is 8.75 Å². The molecule has 0 saturated heterocycles. The van der Waals surface area contributed by atoms with Crippen LogP contribution in [0.1, 0.15) is 9.75 Å². The highest BCUT2D eigenvalue weighted by molar-refractivity contribution is 7.07. The molecule has 2 aromatic rings. The summed E-state index contributed by atoms with van der Waals surface area (Å²) in [6.45, 7) is 0. The topological polar surface area (TPSA) is 25.8 Å². The molecule has 0 saturated carbocycles. The van der Waals surface area contributed by atoms with Crippen molar-refractivity contribution >= 4 is 35.2 Å². The van der Waals surface area contributed by atoms with Crippen LogP contribution in [-0.2, 0) is 0 Å². The summed E-state index contributed by atoms with van der Waals surface area (Å²) in [6.07, 6.45) is 7.70. The summed E-state index contributed by atoms with van der Waals surface area (Å²) >= 11 is 2.98. The lowest BCUT2D eigenvalue weighted by Gasteiger charge is -1.80. The van der Waals surface area contributed by atoms with Crippen molar-refractivity contribution in [1.82, 2.24) is 8.75 Å². The summed E-state index contributed by atoms with van der Waals surface area (Å²) in [5, 5.41) is 0. The van der Waals surface area contributed by atoms with Crippen molar-refractivity contribution < 1.29 is 0 Å². The first-order chi connectivity index (χ1) is 5.95. The van der Waals surface area contributed by atoms with Gasteiger partial charge in [0.2, 0.25) is 0 Å². The summed E-state index contributed by atoms with van der Waals surface area (Å²) in [4.78, 5) is 2.34. The highest BCUT2D eigenvalue weighted by atomic mass is 32.1. The van der Waals surface area contributed by atoms with Crippen molar-refractivity contribution in [2.45, 2.75) is 0 Å². The molecular weight excluding hydrogens is 188 g/mol. The second kappa shape index (κ2) is 3.60. The van der Waals surface area contributed by atoms with E-state index in [-0.39, 0.29) is 0 Å². The highest BCUT2D eigenvalue weighted by Crippen LogP contribution is 2.12. The molecule has 0 atom stereocenters. The minimum absolute atomic E-state index is 1.17. The Labute approximate surface area is 78.5 Å². The third-order valence-electron chi connectivity index (χ3n) is 1.33. The maximum atomic E-state index is 4.00. The van der Waals surface area contributed by atoms with Crippen molar-refractivity contribution in [2.24, 2.45) is 0 Å². The van der Waals surface area contributed by atoms with Crippen LogP contribution in [0.4, 0.5) is 0 Å². The van der Waals surface area contributed by atoms with Gasteiger partial charge in [0.1, 0.15) is 0 Å². The van der Waals surface area contributed by atoms with E-state index in [1.165, 1.54) is 32.8 Å². The van der Waals surface area contributed by atoms with E-state index in [1.54, 1.807) is 12.4 Å². The second-order valence-electron chi connectivity index (χ2n) is 2.16. The Balaban J connectivity index is 2.14. The molecule has 12 heavy (non-hydrogen) atoms. The van der Waals surface area contributed by atoms with E-state index in [0.717, 1.165) is 0 Å². The predicted octanol–water partition coefficient (Wildman–Crippen LogP) is 2.77. The summed E-state index contributed by atoms with van der Waals surface area (Å²) in [6, 6.07) is 3.98. The standard InChI is InChI=1S/C8H6N2S2/c1(7-3-5-9-11-7)2-8-4-6-10-12-8/h1-6H. The zero-order valence-corrected chi connectivity index (χ0v) is 7.81. The maximum absolute atomic E-state index is 4.00. The largest absolute Gasteiger partial charge is 0.201 e. The van der Waals surface area contributed by atoms with E-state index in [2.05, 4.69) is 8.75 Å². The van der Waals surface area contributed by atoms with Gasteiger partial charge in [-0.1, -0.05) is 0 Å². The lowest BCUT2D eigenvalue weighted by atomic mass is 10.4. The van der Waals surface area contributed by atoms with Crippen molar-refractivity contribution in [2.75, 3.05) is 0 Å². The first-order valence-corrected chi connectivity index (χ1v) is 4.99. The van der Waals surface area contributed by atoms with Crippen LogP contribution in [0.5, 0.6) is 0 Å². The molecule has 0 spiro atoms. The Morgan fingerprint density at radius 3 is 1.75 bits per heavy atom. The Morgan fingerprint density at radius 1 is 0.917 bits per heavy atom. The zero-order chi connectivity index (χ0) is 8.23. The first kappa shape index (κ1) is 7.64. The molecule has 0 amide bonds. The monoisotopic (exact) mass is 194 g/mol. The van der Waals surface area contributed by atoms with Crippen LogP contribution >= 0.6 is 23.1 Å². The van der Waals surface area contributed by atoms with Crippen molar-refractivity contribution in [3.8, 4) is 0 Å². The molecule has 0 aliphatic carbocycles. The van der Waals surface area contributed by atoms with Gasteiger partial charge in [0.05, 0.1) is 0 Å². The van der Waals surface area contributed by atoms with Crippen LogP contribution in [0.25, 0.3) is 12.2 Å². The lowest BCUT2D eigenvalue weighted by molar-refractivity contribution is 1.58. The highest BCUT2D eigenvalue weighted by Gasteiger charge is 1.89. The Hall–Kier alpha value is -1.00. The quantitative estimate of drug-likeness (QED) is 0.734. The molecule has 60 valence electrons. The SMILES string of the molecule is C(=Cc1ccns1)c1ccns1. The normalized spacial score (nSPS) is 11.0. The first-order valence-electron chi connectivity index (χ1n) is 3.44. The number of hydrogen-bond acceptors (Lipinski definition) is 4. The molecule has 2 nitrogen and oxygen atoms in total. The van der Waals surface area contributed by atoms with Gasteiger partial charge >= 0.3 is 0 Å². The molecule has 2 aromatic heterocycles. The third kappa shape index (κ3) is 1.78. The minimum atomic E-state index is 1.17. The molecule has 0 aromatic carbocycles. The fourth-order valence-corrected chi connectivity index (χ4v) is 1.78. The van der Waals surface area contributed by atoms with Gasteiger partial charge in [0, 0.05) is 22.1 Å². The van der Waals surface area contributed by atoms with Crippen molar-refractivity contribution in [3.63, 3.8) is 0 Å². The molecule has 0 aliphatic rings. The molecule has 0 radical (unpaired) electrons. The molecule has 2 heterocycles. The van der Waals surface area contributed by atoms with Gasteiger partial charge in [-0.2, -0.15) is 0 Å². The Kier molecular flexibility index (Phi) is 2.29. The van der Waals surface area contributed by atoms with Crippen LogP contribution in [0.2, 0.25) is 0 Å². The summed E-state index contributed by atoms with van der Waals surface area (Å²) < 4.78 is 8.00. The van der Waals surface area contributed by atoms with E-state index >= 15 is 0 Å². The van der Waals surface area contributed by atoms with Crippen molar-refractivity contribution in [1.29, 1.82) is 0 Å². The fourth-order valence-electron chi connectivity index (χ4n) is 0.787. The molecule has 0 bridgehead atoms. The van der Waals surface area contributed by atoms with Gasteiger partial charge in [-0.15, -0.1) is 0 Å². The van der Waals surface area contributed by atoms with Crippen LogP contribution in [-0.4, -0.2) is 8.75 Å². The molecule has 2 rings (SSSR count). The molecule has 0 N–H and O–H groups in total. The average Bonchev–Trinajstić information content (AvgIpc) is 2.74. The second-order valence-corrected chi connectivity index (χ2v) is 3.89. The van der Waals surface area contributed by atoms with E-state index in [0.29, 0.717) is 0 Å². The number of nitrogens with zero attached hydrogens (tertiary/aromatic N) is 2. The number of hydrogen-bond donors (Lipinski definition) is 0. The Morgan fingerprint density at radius 2 is 1.42 bits per heavy atom. The van der Waals surface area contributed by atoms with Crippen LogP contribution in [0.3, 0.4) is 0 Å². The maximum Gasteiger partial charge on any atom is 0.0477 e. The molecule has 0 fully saturated rings. The van der Waals surface area contributed by atoms with Crippen LogP contribution in [0, 0.1) is 0 Å². The summed E-state index contributed by atoms with van der Waals surface area (Å²) in [5.74, 6) is 0. The van der Waals surface area contributed by atoms with Gasteiger partial charge in [0.15, 0.2) is 0 Å². The number of aromatic nitrogens is 2. The van der Waals surface area contributed by atoms with E-state index < -0.39 is 0 Å². The molecule has 0 aliphatic heterocycles.